The van der Waals surface area contributed by atoms with Crippen LogP contribution in [0.3, 0.4) is 0 Å². The molecule has 0 saturated carbocycles. The van der Waals surface area contributed by atoms with E-state index >= 15 is 0 Å². The molecule has 3 N–H and O–H groups in total. The number of hydrogen-bond acceptors (Lipinski definition) is 3. The zero-order valence-corrected chi connectivity index (χ0v) is 10.2. The molecule has 0 fully saturated rings. The zero-order valence-electron chi connectivity index (χ0n) is 9.33. The molecule has 0 radical (unpaired) electrons. The Morgan fingerprint density at radius 2 is 2.06 bits per heavy atom. The zero-order chi connectivity index (χ0) is 12.0. The van der Waals surface area contributed by atoms with Crippen molar-refractivity contribution in [3.8, 4) is 5.75 Å². The molecule has 0 aromatic heterocycles. The van der Waals surface area contributed by atoms with E-state index in [1.54, 1.807) is 30.3 Å². The van der Waals surface area contributed by atoms with E-state index in [1.165, 1.54) is 0 Å². The largest absolute Gasteiger partial charge is 0.490 e. The highest BCUT2D eigenvalue weighted by atomic mass is 35.5. The van der Waals surface area contributed by atoms with Crippen LogP contribution in [0, 0.1) is 0 Å². The summed E-state index contributed by atoms with van der Waals surface area (Å²) in [6.45, 7) is 4.00. The van der Waals surface area contributed by atoms with Crippen LogP contribution in [0.2, 0.25) is 0 Å². The third-order valence-electron chi connectivity index (χ3n) is 2.06. The molecule has 0 amide bonds. The molecule has 94 valence electrons. The molecule has 0 aliphatic heterocycles. The Labute approximate surface area is 106 Å². The molecule has 1 atom stereocenters. The lowest BCUT2D eigenvalue weighted by Gasteiger charge is -2.07. The number of halogens is 1. The minimum Gasteiger partial charge on any atom is -0.490 e. The highest BCUT2D eigenvalue weighted by Gasteiger charge is 2.11. The summed E-state index contributed by atoms with van der Waals surface area (Å²) in [6, 6.07) is 6.32. The van der Waals surface area contributed by atoms with Gasteiger partial charge < -0.3 is 15.6 Å². The summed E-state index contributed by atoms with van der Waals surface area (Å²) >= 11 is 0. The van der Waals surface area contributed by atoms with Gasteiger partial charge >= 0.3 is 5.97 Å². The fourth-order valence-corrected chi connectivity index (χ4v) is 1.22. The highest BCUT2D eigenvalue weighted by molar-refractivity contribution is 5.85. The first kappa shape index (κ1) is 15.5. The number of carbonyl (C=O) groups is 1. The van der Waals surface area contributed by atoms with Crippen molar-refractivity contribution < 1.29 is 14.6 Å². The van der Waals surface area contributed by atoms with Gasteiger partial charge in [-0.3, -0.25) is 4.79 Å². The molecule has 0 spiro atoms. The minimum absolute atomic E-state index is 0. The summed E-state index contributed by atoms with van der Waals surface area (Å²) < 4.78 is 5.30. The molecule has 1 unspecified atom stereocenters. The van der Waals surface area contributed by atoms with Crippen LogP contribution in [0.25, 0.3) is 0 Å². The van der Waals surface area contributed by atoms with Crippen LogP contribution in [0.4, 0.5) is 0 Å². The first-order chi connectivity index (χ1) is 7.63. The lowest BCUT2D eigenvalue weighted by molar-refractivity contribution is -0.138. The Hall–Kier alpha value is -1.52. The third kappa shape index (κ3) is 5.38. The smallest absolute Gasteiger partial charge is 0.320 e. The van der Waals surface area contributed by atoms with Gasteiger partial charge in [-0.1, -0.05) is 24.8 Å². The van der Waals surface area contributed by atoms with Crippen LogP contribution >= 0.6 is 12.4 Å². The van der Waals surface area contributed by atoms with E-state index in [4.69, 9.17) is 15.6 Å². The van der Waals surface area contributed by atoms with E-state index in [0.29, 0.717) is 13.0 Å². The topological polar surface area (TPSA) is 72.5 Å². The third-order valence-corrected chi connectivity index (χ3v) is 2.06. The first-order valence-electron chi connectivity index (χ1n) is 4.94. The maximum atomic E-state index is 10.6. The predicted octanol–water partition coefficient (Wildman–Crippen LogP) is 1.63. The maximum Gasteiger partial charge on any atom is 0.320 e. The molecule has 0 heterocycles. The normalized spacial score (nSPS) is 11.1. The fraction of sp³-hybridized carbons (Fsp3) is 0.250. The summed E-state index contributed by atoms with van der Waals surface area (Å²) in [7, 11) is 0. The van der Waals surface area contributed by atoms with Gasteiger partial charge in [-0.25, -0.2) is 0 Å². The molecule has 0 bridgehead atoms. The van der Waals surface area contributed by atoms with Crippen molar-refractivity contribution in [2.75, 3.05) is 6.61 Å². The fourth-order valence-electron chi connectivity index (χ4n) is 1.22. The van der Waals surface area contributed by atoms with Gasteiger partial charge in [0.15, 0.2) is 0 Å². The lowest BCUT2D eigenvalue weighted by atomic mass is 10.1. The van der Waals surface area contributed by atoms with E-state index in [0.717, 1.165) is 11.3 Å². The summed E-state index contributed by atoms with van der Waals surface area (Å²) in [5, 5.41) is 8.65. The van der Waals surface area contributed by atoms with Crippen LogP contribution in [0.1, 0.15) is 5.56 Å². The Bertz CT molecular complexity index is 365. The molecule has 0 aliphatic carbocycles. The number of benzene rings is 1. The van der Waals surface area contributed by atoms with Crippen LogP contribution in [-0.4, -0.2) is 23.7 Å². The molecule has 4 nitrogen and oxygen atoms in total. The van der Waals surface area contributed by atoms with Crippen LogP contribution < -0.4 is 10.5 Å². The van der Waals surface area contributed by atoms with Crippen molar-refractivity contribution in [3.05, 3.63) is 42.5 Å². The van der Waals surface area contributed by atoms with Gasteiger partial charge in [0, 0.05) is 0 Å². The molecule has 0 aliphatic rings. The van der Waals surface area contributed by atoms with Crippen molar-refractivity contribution in [3.63, 3.8) is 0 Å². The van der Waals surface area contributed by atoms with Crippen molar-refractivity contribution >= 4 is 18.4 Å². The molecule has 0 saturated heterocycles. The van der Waals surface area contributed by atoms with Gasteiger partial charge in [-0.2, -0.15) is 0 Å². The average Bonchev–Trinajstić information content (AvgIpc) is 2.28. The highest BCUT2D eigenvalue weighted by Crippen LogP contribution is 2.13. The van der Waals surface area contributed by atoms with Crippen molar-refractivity contribution in [1.82, 2.24) is 0 Å². The number of rotatable bonds is 6. The molecule has 17 heavy (non-hydrogen) atoms. The van der Waals surface area contributed by atoms with Gasteiger partial charge in [0.1, 0.15) is 18.4 Å². The SMILES string of the molecule is C=CCOc1ccc(CC(N)C(=O)O)cc1.Cl. The molecule has 1 rings (SSSR count). The number of nitrogens with two attached hydrogens (primary N) is 1. The van der Waals surface area contributed by atoms with Gasteiger partial charge in [0.25, 0.3) is 0 Å². The standard InChI is InChI=1S/C12H15NO3.ClH/c1-2-7-16-10-5-3-9(4-6-10)8-11(13)12(14)15;/h2-6,11H,1,7-8,13H2,(H,14,15);1H. The number of hydrogen-bond donors (Lipinski definition) is 2. The van der Waals surface area contributed by atoms with Crippen molar-refractivity contribution in [2.24, 2.45) is 5.73 Å². The molecule has 1 aromatic rings. The van der Waals surface area contributed by atoms with Gasteiger partial charge in [-0.05, 0) is 24.1 Å². The average molecular weight is 258 g/mol. The van der Waals surface area contributed by atoms with Crippen molar-refractivity contribution in [1.29, 1.82) is 0 Å². The summed E-state index contributed by atoms with van der Waals surface area (Å²) in [4.78, 5) is 10.6. The Morgan fingerprint density at radius 3 is 2.53 bits per heavy atom. The van der Waals surface area contributed by atoms with E-state index in [9.17, 15) is 4.79 Å². The second kappa shape index (κ2) is 7.70. The predicted molar refractivity (Wildman–Crippen MR) is 68.7 cm³/mol. The number of carboxylic acids is 1. The van der Waals surface area contributed by atoms with Gasteiger partial charge in [0.05, 0.1) is 0 Å². The van der Waals surface area contributed by atoms with E-state index in [1.807, 2.05) is 0 Å². The maximum absolute atomic E-state index is 10.6. The van der Waals surface area contributed by atoms with Crippen LogP contribution in [-0.2, 0) is 11.2 Å². The lowest BCUT2D eigenvalue weighted by Crippen LogP contribution is -2.32. The van der Waals surface area contributed by atoms with E-state index in [2.05, 4.69) is 6.58 Å². The van der Waals surface area contributed by atoms with E-state index < -0.39 is 12.0 Å². The molecular formula is C12H16ClNO3. The summed E-state index contributed by atoms with van der Waals surface area (Å²) in [6.07, 6.45) is 1.98. The Kier molecular flexibility index (Phi) is 7.02. The Balaban J connectivity index is 0.00000256. The first-order valence-corrected chi connectivity index (χ1v) is 4.94. The summed E-state index contributed by atoms with van der Waals surface area (Å²) in [5.41, 5.74) is 6.30. The van der Waals surface area contributed by atoms with E-state index in [-0.39, 0.29) is 12.4 Å². The minimum atomic E-state index is -0.994. The second-order valence-electron chi connectivity index (χ2n) is 3.39. The quantitative estimate of drug-likeness (QED) is 0.760. The Morgan fingerprint density at radius 1 is 1.47 bits per heavy atom. The number of carboxylic acid groups (broad SMARTS) is 1. The second-order valence-corrected chi connectivity index (χ2v) is 3.39. The number of aliphatic carboxylic acids is 1. The molecular weight excluding hydrogens is 242 g/mol. The summed E-state index contributed by atoms with van der Waals surface area (Å²) in [5.74, 6) is -0.264. The van der Waals surface area contributed by atoms with Crippen LogP contribution in [0.5, 0.6) is 5.75 Å². The monoisotopic (exact) mass is 257 g/mol. The molecule has 5 heteroatoms. The number of ether oxygens (including phenoxy) is 1. The van der Waals surface area contributed by atoms with Gasteiger partial charge in [-0.15, -0.1) is 12.4 Å². The van der Waals surface area contributed by atoms with Crippen LogP contribution in [0.15, 0.2) is 36.9 Å². The van der Waals surface area contributed by atoms with Gasteiger partial charge in [0.2, 0.25) is 0 Å². The van der Waals surface area contributed by atoms with Crippen molar-refractivity contribution in [2.45, 2.75) is 12.5 Å². The molecule has 1 aromatic carbocycles.